The topological polar surface area (TPSA) is 77.8 Å². The highest BCUT2D eigenvalue weighted by atomic mass is 19.4. The predicted octanol–water partition coefficient (Wildman–Crippen LogP) is 6.51. The second kappa shape index (κ2) is 10.8. The third-order valence-electron chi connectivity index (χ3n) is 9.25. The van der Waals surface area contributed by atoms with Gasteiger partial charge in [-0.25, -0.2) is 0 Å². The van der Waals surface area contributed by atoms with E-state index in [1.165, 1.54) is 0 Å². The lowest BCUT2D eigenvalue weighted by Crippen LogP contribution is -2.59. The number of halogens is 12. The summed E-state index contributed by atoms with van der Waals surface area (Å²) < 4.78 is 150. The molecule has 0 radical (unpaired) electrons. The third-order valence-corrected chi connectivity index (χ3v) is 9.25. The van der Waals surface area contributed by atoms with E-state index in [2.05, 4.69) is 0 Å². The van der Waals surface area contributed by atoms with Gasteiger partial charge in [0, 0.05) is 13.8 Å². The number of carbonyl (C=O) groups excluding carboxylic acids is 1. The summed E-state index contributed by atoms with van der Waals surface area (Å²) in [6.45, 7) is 0. The van der Waals surface area contributed by atoms with Crippen LogP contribution in [-0.2, 0) is 4.79 Å². The Hall–Kier alpha value is -1.29. The Balaban J connectivity index is 0.000000280. The van der Waals surface area contributed by atoms with Gasteiger partial charge in [0.15, 0.2) is 0 Å². The van der Waals surface area contributed by atoms with Crippen LogP contribution in [0.15, 0.2) is 0 Å². The van der Waals surface area contributed by atoms with Crippen molar-refractivity contribution in [2.75, 3.05) is 0 Å². The molecule has 4 fully saturated rings. The number of aliphatic hydroxyl groups is 3. The van der Waals surface area contributed by atoms with Crippen molar-refractivity contribution in [1.29, 1.82) is 0 Å². The number of fused-ring (bicyclic) bond motifs is 4. The highest BCUT2D eigenvalue weighted by Gasteiger charge is 2.72. The van der Waals surface area contributed by atoms with Gasteiger partial charge >= 0.3 is 24.7 Å². The molecule has 236 valence electrons. The lowest BCUT2D eigenvalue weighted by molar-refractivity contribution is -0.375. The minimum atomic E-state index is -5.92. The van der Waals surface area contributed by atoms with Crippen molar-refractivity contribution < 1.29 is 74.2 Å². The van der Waals surface area contributed by atoms with Gasteiger partial charge in [-0.2, -0.15) is 52.7 Å². The van der Waals surface area contributed by atoms with Crippen LogP contribution in [0.3, 0.4) is 0 Å². The first-order valence-corrected chi connectivity index (χ1v) is 12.8. The van der Waals surface area contributed by atoms with Gasteiger partial charge in [-0.3, -0.25) is 4.79 Å². The summed E-state index contributed by atoms with van der Waals surface area (Å²) in [5.41, 5.74) is -9.79. The van der Waals surface area contributed by atoms with Gasteiger partial charge in [-0.05, 0) is 68.1 Å². The first kappa shape index (κ1) is 33.2. The molecule has 4 bridgehead atoms. The molecule has 16 heteroatoms. The number of carbonyl (C=O) groups is 1. The molecule has 7 unspecified atom stereocenters. The molecule has 40 heavy (non-hydrogen) atoms. The Labute approximate surface area is 222 Å². The lowest BCUT2D eigenvalue weighted by atomic mass is 9.80. The second-order valence-electron chi connectivity index (χ2n) is 11.7. The van der Waals surface area contributed by atoms with E-state index in [4.69, 9.17) is 10.2 Å². The van der Waals surface area contributed by atoms with Crippen LogP contribution in [0.2, 0.25) is 0 Å². The molecule has 0 amide bonds. The fourth-order valence-electron chi connectivity index (χ4n) is 6.99. The van der Waals surface area contributed by atoms with Gasteiger partial charge in [0.05, 0.1) is 12.5 Å². The zero-order chi connectivity index (χ0) is 30.7. The molecule has 0 aliphatic heterocycles. The fourth-order valence-corrected chi connectivity index (χ4v) is 6.99. The molecule has 0 heterocycles. The maximum Gasteiger partial charge on any atom is 0.426 e. The molecule has 0 aromatic carbocycles. The molecule has 0 spiro atoms. The fraction of sp³-hybridized carbons (Fsp3) is 0.958. The Bertz CT molecular complexity index is 888. The molecule has 4 saturated carbocycles. The minimum absolute atomic E-state index is 0. The number of hydrogen-bond donors (Lipinski definition) is 3. The van der Waals surface area contributed by atoms with Crippen molar-refractivity contribution >= 4 is 5.78 Å². The van der Waals surface area contributed by atoms with E-state index in [0.717, 1.165) is 25.7 Å². The summed E-state index contributed by atoms with van der Waals surface area (Å²) in [5.74, 6) is -2.13. The maximum atomic E-state index is 12.6. The Kier molecular flexibility index (Phi) is 8.94. The van der Waals surface area contributed by atoms with Crippen molar-refractivity contribution in [3.05, 3.63) is 0 Å². The molecule has 0 saturated heterocycles. The number of rotatable bonds is 6. The van der Waals surface area contributed by atoms with Crippen LogP contribution in [-0.4, -0.2) is 63.1 Å². The van der Waals surface area contributed by atoms with E-state index in [-0.39, 0.29) is 25.1 Å². The summed E-state index contributed by atoms with van der Waals surface area (Å²) in [7, 11) is 0. The Morgan fingerprint density at radius 3 is 1.40 bits per heavy atom. The molecular weight excluding hydrogens is 580 g/mol. The van der Waals surface area contributed by atoms with E-state index >= 15 is 0 Å². The van der Waals surface area contributed by atoms with Crippen molar-refractivity contribution in [3.8, 4) is 0 Å². The van der Waals surface area contributed by atoms with E-state index in [1.807, 2.05) is 0 Å². The van der Waals surface area contributed by atoms with Crippen LogP contribution in [0.1, 0.15) is 65.6 Å². The number of aliphatic hydroxyl groups excluding tert-OH is 1. The van der Waals surface area contributed by atoms with Gasteiger partial charge in [-0.15, -0.1) is 0 Å². The monoisotopic (exact) mass is 612 g/mol. The van der Waals surface area contributed by atoms with Crippen LogP contribution < -0.4 is 0 Å². The minimum Gasteiger partial charge on any atom is -0.393 e. The largest absolute Gasteiger partial charge is 0.426 e. The van der Waals surface area contributed by atoms with E-state index in [1.54, 1.807) is 0 Å². The summed E-state index contributed by atoms with van der Waals surface area (Å²) in [6.07, 6.45) is -23.6. The van der Waals surface area contributed by atoms with E-state index < -0.39 is 72.5 Å². The van der Waals surface area contributed by atoms with Crippen LogP contribution in [0.25, 0.3) is 0 Å². The third kappa shape index (κ3) is 6.23. The number of alkyl halides is 12. The van der Waals surface area contributed by atoms with Crippen molar-refractivity contribution in [2.45, 2.75) is 106 Å². The van der Waals surface area contributed by atoms with Crippen molar-refractivity contribution in [2.24, 2.45) is 35.5 Å². The quantitative estimate of drug-likeness (QED) is 0.299. The van der Waals surface area contributed by atoms with Gasteiger partial charge in [0.1, 0.15) is 5.78 Å². The highest BCUT2D eigenvalue weighted by Crippen LogP contribution is 2.54. The van der Waals surface area contributed by atoms with Gasteiger partial charge in [-0.1, -0.05) is 12.8 Å². The Morgan fingerprint density at radius 2 is 1.07 bits per heavy atom. The van der Waals surface area contributed by atoms with Gasteiger partial charge < -0.3 is 15.3 Å². The smallest absolute Gasteiger partial charge is 0.393 e. The first-order chi connectivity index (χ1) is 17.9. The molecule has 7 atom stereocenters. The normalized spacial score (nSPS) is 31.8. The molecular formula is C24H32F12O4. The van der Waals surface area contributed by atoms with Crippen LogP contribution in [0, 0.1) is 35.5 Å². The van der Waals surface area contributed by atoms with Crippen molar-refractivity contribution in [1.82, 2.24) is 0 Å². The lowest BCUT2D eigenvalue weighted by Gasteiger charge is -2.36. The van der Waals surface area contributed by atoms with Gasteiger partial charge in [0.2, 0.25) is 0 Å². The first-order valence-electron chi connectivity index (χ1n) is 12.8. The predicted molar refractivity (Wildman–Crippen MR) is 114 cm³/mol. The summed E-state index contributed by atoms with van der Waals surface area (Å²) >= 11 is 0. The Morgan fingerprint density at radius 1 is 0.650 bits per heavy atom. The van der Waals surface area contributed by atoms with E-state index in [9.17, 15) is 62.6 Å². The SMILES string of the molecule is O=C(CC(O)(C(F)(F)F)C(F)(F)F)C1CC2CCC1C2.OC(CC(O)(C(F)(F)F)C(F)(F)F)C1CC2CCC1C2.[HH]. The molecule has 4 nitrogen and oxygen atoms in total. The van der Waals surface area contributed by atoms with Crippen LogP contribution in [0.5, 0.6) is 0 Å². The average Bonchev–Trinajstić information content (AvgIpc) is 3.57. The van der Waals surface area contributed by atoms with E-state index in [0.29, 0.717) is 25.7 Å². The molecule has 4 aliphatic rings. The second-order valence-corrected chi connectivity index (χ2v) is 11.7. The molecule has 3 N–H and O–H groups in total. The highest BCUT2D eigenvalue weighted by molar-refractivity contribution is 5.83. The average molecular weight is 612 g/mol. The standard InChI is InChI=1S/C12H16F6O2.C12H14F6O2.H2/c2*13-11(14,15)10(20,12(16,17)18)5-9(19)8-4-6-1-2-7(8)3-6;/h6-9,19-20H,1-5H2;6-8,20H,1-5H2;1H. The zero-order valence-corrected chi connectivity index (χ0v) is 20.9. The van der Waals surface area contributed by atoms with Gasteiger partial charge in [0.25, 0.3) is 11.2 Å². The molecule has 0 aromatic heterocycles. The van der Waals surface area contributed by atoms with Crippen LogP contribution in [0.4, 0.5) is 52.7 Å². The summed E-state index contributed by atoms with van der Waals surface area (Å²) in [5, 5.41) is 27.9. The molecule has 4 aliphatic carbocycles. The summed E-state index contributed by atoms with van der Waals surface area (Å²) in [6, 6.07) is 0. The van der Waals surface area contributed by atoms with Crippen molar-refractivity contribution in [3.63, 3.8) is 0 Å². The zero-order valence-electron chi connectivity index (χ0n) is 20.9. The number of Topliss-reactive ketones (excluding diaryl/α,β-unsaturated/α-hetero) is 1. The number of hydrogen-bond acceptors (Lipinski definition) is 4. The molecule has 0 aromatic rings. The summed E-state index contributed by atoms with van der Waals surface area (Å²) in [4.78, 5) is 11.8. The molecule has 4 rings (SSSR count). The van der Waals surface area contributed by atoms with Crippen LogP contribution >= 0.6 is 0 Å². The maximum absolute atomic E-state index is 12.6. The number of ketones is 1.